The van der Waals surface area contributed by atoms with Gasteiger partial charge in [0.05, 0.1) is 24.4 Å². The average Bonchev–Trinajstić information content (AvgIpc) is 3.51. The van der Waals surface area contributed by atoms with E-state index >= 15 is 0 Å². The van der Waals surface area contributed by atoms with Gasteiger partial charge < -0.3 is 29.2 Å². The number of benzene rings is 3. The number of carbonyl (C=O) groups excluding carboxylic acids is 2. The molecule has 1 unspecified atom stereocenters. The zero-order valence-electron chi connectivity index (χ0n) is 23.5. The minimum absolute atomic E-state index is 0.127. The second-order valence-corrected chi connectivity index (χ2v) is 10.1. The molecule has 1 fully saturated rings. The Morgan fingerprint density at radius 3 is 2.60 bits per heavy atom. The molecule has 0 aliphatic carbocycles. The lowest BCUT2D eigenvalue weighted by molar-refractivity contribution is -0.149. The lowest BCUT2D eigenvalue weighted by Crippen LogP contribution is -2.42. The second kappa shape index (κ2) is 12.3. The SMILES string of the molecule is CCOC(=O)C1CCCN(C(=O)c2ccc(Nc3c(Oc4ccc5c(c4)OCO5)cnn(-c4ccccc4)c3=O)cc2)C1. The molecule has 43 heavy (non-hydrogen) atoms. The number of ether oxygens (including phenoxy) is 4. The molecule has 4 aromatic rings. The number of fused-ring (bicyclic) bond motifs is 1. The van der Waals surface area contributed by atoms with Crippen molar-refractivity contribution in [2.24, 2.45) is 5.92 Å². The van der Waals surface area contributed by atoms with Crippen LogP contribution in [0.15, 0.2) is 83.8 Å². The molecule has 2 aliphatic rings. The van der Waals surface area contributed by atoms with Crippen molar-refractivity contribution in [3.8, 4) is 28.7 Å². The van der Waals surface area contributed by atoms with Crippen molar-refractivity contribution >= 4 is 23.3 Å². The van der Waals surface area contributed by atoms with Crippen molar-refractivity contribution < 1.29 is 28.5 Å². The zero-order chi connectivity index (χ0) is 29.8. The van der Waals surface area contributed by atoms with Gasteiger partial charge in [-0.05, 0) is 68.3 Å². The number of rotatable bonds is 8. The van der Waals surface area contributed by atoms with Crippen LogP contribution in [0.25, 0.3) is 5.69 Å². The summed E-state index contributed by atoms with van der Waals surface area (Å²) in [7, 11) is 0. The minimum atomic E-state index is -0.428. The number of esters is 1. The predicted molar refractivity (Wildman–Crippen MR) is 157 cm³/mol. The number of nitrogens with zero attached hydrogens (tertiary/aromatic N) is 3. The van der Waals surface area contributed by atoms with Gasteiger partial charge in [0.25, 0.3) is 11.5 Å². The van der Waals surface area contributed by atoms with Crippen LogP contribution in [0.3, 0.4) is 0 Å². The third-order valence-electron chi connectivity index (χ3n) is 7.25. The number of amides is 1. The Kier molecular flexibility index (Phi) is 7.94. The molecule has 220 valence electrons. The predicted octanol–water partition coefficient (Wildman–Crippen LogP) is 4.91. The maximum atomic E-state index is 13.7. The first kappa shape index (κ1) is 27.8. The van der Waals surface area contributed by atoms with Gasteiger partial charge in [0.1, 0.15) is 5.75 Å². The van der Waals surface area contributed by atoms with Crippen LogP contribution in [-0.4, -0.2) is 53.0 Å². The van der Waals surface area contributed by atoms with Crippen molar-refractivity contribution in [3.63, 3.8) is 0 Å². The van der Waals surface area contributed by atoms with E-state index in [-0.39, 0.29) is 36.0 Å². The van der Waals surface area contributed by atoms with E-state index < -0.39 is 5.56 Å². The largest absolute Gasteiger partial charge is 0.466 e. The van der Waals surface area contributed by atoms with E-state index in [1.54, 1.807) is 66.4 Å². The summed E-state index contributed by atoms with van der Waals surface area (Å²) >= 11 is 0. The van der Waals surface area contributed by atoms with Crippen LogP contribution in [0, 0.1) is 5.92 Å². The molecule has 3 aromatic carbocycles. The first-order valence-corrected chi connectivity index (χ1v) is 14.1. The average molecular weight is 583 g/mol. The summed E-state index contributed by atoms with van der Waals surface area (Å²) in [6.07, 6.45) is 2.90. The van der Waals surface area contributed by atoms with Gasteiger partial charge in [-0.25, -0.2) is 0 Å². The van der Waals surface area contributed by atoms with Crippen LogP contribution in [0.5, 0.6) is 23.0 Å². The van der Waals surface area contributed by atoms with Crippen molar-refractivity contribution in [1.82, 2.24) is 14.7 Å². The van der Waals surface area contributed by atoms with Crippen LogP contribution in [-0.2, 0) is 9.53 Å². The highest BCUT2D eigenvalue weighted by Crippen LogP contribution is 2.38. The lowest BCUT2D eigenvalue weighted by atomic mass is 9.97. The molecule has 2 aliphatic heterocycles. The number of para-hydroxylation sites is 1. The highest BCUT2D eigenvalue weighted by molar-refractivity contribution is 5.95. The smallest absolute Gasteiger partial charge is 0.310 e. The van der Waals surface area contributed by atoms with Gasteiger partial charge in [0.2, 0.25) is 6.79 Å². The van der Waals surface area contributed by atoms with E-state index in [0.717, 1.165) is 6.42 Å². The van der Waals surface area contributed by atoms with Gasteiger partial charge in [-0.2, -0.15) is 9.78 Å². The molecule has 6 rings (SSSR count). The van der Waals surface area contributed by atoms with Crippen LogP contribution >= 0.6 is 0 Å². The van der Waals surface area contributed by atoms with Gasteiger partial charge in [-0.3, -0.25) is 14.4 Å². The minimum Gasteiger partial charge on any atom is -0.466 e. The van der Waals surface area contributed by atoms with E-state index in [2.05, 4.69) is 10.4 Å². The van der Waals surface area contributed by atoms with Crippen LogP contribution < -0.4 is 25.1 Å². The molecule has 3 heterocycles. The fourth-order valence-corrected chi connectivity index (χ4v) is 5.09. The molecule has 0 saturated carbocycles. The standard InChI is InChI=1S/C32H30N4O7/c1-2-40-32(39)22-7-6-16-35(19-22)30(37)21-10-12-23(13-11-21)34-29-28(43-25-14-15-26-27(17-25)42-20-41-26)18-33-36(31(29)38)24-8-4-3-5-9-24/h3-5,8-15,17-18,22,34H,2,6-7,16,19-20H2,1H3. The molecule has 1 amide bonds. The van der Waals surface area contributed by atoms with Crippen molar-refractivity contribution in [1.29, 1.82) is 0 Å². The summed E-state index contributed by atoms with van der Waals surface area (Å²) < 4.78 is 23.4. The maximum absolute atomic E-state index is 13.7. The van der Waals surface area contributed by atoms with Crippen LogP contribution in [0.2, 0.25) is 0 Å². The van der Waals surface area contributed by atoms with Gasteiger partial charge in [-0.1, -0.05) is 18.2 Å². The molecule has 1 N–H and O–H groups in total. The number of nitrogens with one attached hydrogen (secondary N) is 1. The number of carbonyl (C=O) groups is 2. The zero-order valence-corrected chi connectivity index (χ0v) is 23.5. The summed E-state index contributed by atoms with van der Waals surface area (Å²) in [5.74, 6) is 1.04. The van der Waals surface area contributed by atoms with E-state index in [1.165, 1.54) is 10.9 Å². The molecule has 1 atom stereocenters. The van der Waals surface area contributed by atoms with Crippen molar-refractivity contribution in [3.05, 3.63) is 94.9 Å². The van der Waals surface area contributed by atoms with E-state index in [0.29, 0.717) is 60.3 Å². The van der Waals surface area contributed by atoms with E-state index in [4.69, 9.17) is 18.9 Å². The molecule has 1 saturated heterocycles. The monoisotopic (exact) mass is 582 g/mol. The Morgan fingerprint density at radius 1 is 1.02 bits per heavy atom. The molecular formula is C32H30N4O7. The fourth-order valence-electron chi connectivity index (χ4n) is 5.09. The number of aromatic nitrogens is 2. The summed E-state index contributed by atoms with van der Waals surface area (Å²) in [6, 6.07) is 21.0. The lowest BCUT2D eigenvalue weighted by Gasteiger charge is -2.31. The highest BCUT2D eigenvalue weighted by atomic mass is 16.7. The number of likely N-dealkylation sites (tertiary alicyclic amines) is 1. The Balaban J connectivity index is 1.25. The number of piperidine rings is 1. The number of anilines is 2. The summed E-state index contributed by atoms with van der Waals surface area (Å²) in [5.41, 5.74) is 1.36. The van der Waals surface area contributed by atoms with E-state index in [1.807, 2.05) is 18.2 Å². The first-order chi connectivity index (χ1) is 21.0. The Hall–Kier alpha value is -5.32. The summed E-state index contributed by atoms with van der Waals surface area (Å²) in [4.78, 5) is 40.9. The number of hydrogen-bond donors (Lipinski definition) is 1. The molecule has 1 aromatic heterocycles. The Bertz CT molecular complexity index is 1690. The third-order valence-corrected chi connectivity index (χ3v) is 7.25. The molecule has 0 bridgehead atoms. The van der Waals surface area contributed by atoms with Crippen molar-refractivity contribution in [2.75, 3.05) is 31.8 Å². The second-order valence-electron chi connectivity index (χ2n) is 10.1. The molecule has 11 nitrogen and oxygen atoms in total. The highest BCUT2D eigenvalue weighted by Gasteiger charge is 2.30. The molecule has 0 radical (unpaired) electrons. The Labute approximate surface area is 247 Å². The van der Waals surface area contributed by atoms with Gasteiger partial charge in [0, 0.05) is 30.4 Å². The third kappa shape index (κ3) is 6.01. The van der Waals surface area contributed by atoms with E-state index in [9.17, 15) is 14.4 Å². The first-order valence-electron chi connectivity index (χ1n) is 14.1. The number of hydrogen-bond acceptors (Lipinski definition) is 9. The Morgan fingerprint density at radius 2 is 1.81 bits per heavy atom. The van der Waals surface area contributed by atoms with Gasteiger partial charge >= 0.3 is 5.97 Å². The molecular weight excluding hydrogens is 552 g/mol. The van der Waals surface area contributed by atoms with Crippen LogP contribution in [0.4, 0.5) is 11.4 Å². The van der Waals surface area contributed by atoms with Gasteiger partial charge in [0.15, 0.2) is 22.9 Å². The summed E-state index contributed by atoms with van der Waals surface area (Å²) in [5, 5.41) is 7.50. The molecule has 11 heteroatoms. The topological polar surface area (TPSA) is 121 Å². The fraction of sp³-hybridized carbons (Fsp3) is 0.250. The van der Waals surface area contributed by atoms with Gasteiger partial charge in [-0.15, -0.1) is 0 Å². The van der Waals surface area contributed by atoms with Crippen molar-refractivity contribution in [2.45, 2.75) is 19.8 Å². The molecule has 0 spiro atoms. The normalized spacial score (nSPS) is 15.6. The maximum Gasteiger partial charge on any atom is 0.310 e. The quantitative estimate of drug-likeness (QED) is 0.289. The summed E-state index contributed by atoms with van der Waals surface area (Å²) in [6.45, 7) is 3.12. The van der Waals surface area contributed by atoms with Crippen LogP contribution in [0.1, 0.15) is 30.1 Å².